The average molecular weight is 399 g/mol. The molecule has 2 N–H and O–H groups in total. The molecule has 29 heavy (non-hydrogen) atoms. The van der Waals surface area contributed by atoms with E-state index in [2.05, 4.69) is 26.6 Å². The Hall–Kier alpha value is -2.67. The highest BCUT2D eigenvalue weighted by molar-refractivity contribution is 5.79. The third-order valence-corrected chi connectivity index (χ3v) is 5.42. The molecule has 1 saturated heterocycles. The van der Waals surface area contributed by atoms with E-state index in [0.717, 1.165) is 48.6 Å². The molecule has 0 aliphatic carbocycles. The van der Waals surface area contributed by atoms with Crippen LogP contribution >= 0.6 is 0 Å². The molecule has 2 aromatic rings. The van der Waals surface area contributed by atoms with Gasteiger partial charge in [0, 0.05) is 13.6 Å². The summed E-state index contributed by atoms with van der Waals surface area (Å²) < 4.78 is 17.7. The lowest BCUT2D eigenvalue weighted by Gasteiger charge is -2.28. The highest BCUT2D eigenvalue weighted by Gasteiger charge is 2.26. The molecular weight excluding hydrogens is 368 g/mol. The van der Waals surface area contributed by atoms with Crippen LogP contribution in [0, 0.1) is 6.92 Å². The summed E-state index contributed by atoms with van der Waals surface area (Å²) in [6.07, 6.45) is 2.42. The van der Waals surface area contributed by atoms with Crippen molar-refractivity contribution in [2.45, 2.75) is 31.9 Å². The van der Waals surface area contributed by atoms with Gasteiger partial charge in [-0.05, 0) is 57.1 Å². The lowest BCUT2D eigenvalue weighted by Crippen LogP contribution is -2.47. The molecule has 2 atom stereocenters. The number of nitrogens with one attached hydrogen (secondary N) is 2. The van der Waals surface area contributed by atoms with Gasteiger partial charge < -0.3 is 24.5 Å². The third kappa shape index (κ3) is 4.85. The number of fused-ring (bicyclic) bond motifs is 1. The predicted molar refractivity (Wildman–Crippen MR) is 113 cm³/mol. The fraction of sp³-hybridized carbons (Fsp3) is 0.500. The molecule has 4 rings (SSSR count). The van der Waals surface area contributed by atoms with Gasteiger partial charge in [-0.3, -0.25) is 9.89 Å². The van der Waals surface area contributed by atoms with Crippen LogP contribution in [0.1, 0.15) is 30.4 Å². The Morgan fingerprint density at radius 3 is 2.66 bits per heavy atom. The number of benzene rings is 1. The number of likely N-dealkylation sites (tertiary alicyclic amines) is 1. The van der Waals surface area contributed by atoms with Crippen LogP contribution in [0.3, 0.4) is 0 Å². The summed E-state index contributed by atoms with van der Waals surface area (Å²) in [5.74, 6) is 4.29. The van der Waals surface area contributed by atoms with Crippen LogP contribution in [0.15, 0.2) is 45.8 Å². The Kier molecular flexibility index (Phi) is 6.24. The summed E-state index contributed by atoms with van der Waals surface area (Å²) in [7, 11) is 1.78. The Labute approximate surface area is 172 Å². The van der Waals surface area contributed by atoms with E-state index in [0.29, 0.717) is 13.2 Å². The lowest BCUT2D eigenvalue weighted by molar-refractivity contribution is 0.0935. The van der Waals surface area contributed by atoms with Gasteiger partial charge in [-0.2, -0.15) is 0 Å². The maximum atomic E-state index is 6.01. The zero-order valence-corrected chi connectivity index (χ0v) is 17.2. The van der Waals surface area contributed by atoms with Gasteiger partial charge in [-0.15, -0.1) is 0 Å². The van der Waals surface area contributed by atoms with Gasteiger partial charge in [0.1, 0.15) is 24.2 Å². The Bertz CT molecular complexity index is 829. The number of furan rings is 1. The van der Waals surface area contributed by atoms with Crippen molar-refractivity contribution in [1.82, 2.24) is 15.5 Å². The maximum absolute atomic E-state index is 6.01. The summed E-state index contributed by atoms with van der Waals surface area (Å²) in [4.78, 5) is 6.84. The molecular formula is C22H30N4O3. The monoisotopic (exact) mass is 398 g/mol. The van der Waals surface area contributed by atoms with E-state index in [1.807, 2.05) is 37.3 Å². The molecule has 0 saturated carbocycles. The highest BCUT2D eigenvalue weighted by Crippen LogP contribution is 2.30. The number of aryl methyl sites for hydroxylation is 1. The van der Waals surface area contributed by atoms with Gasteiger partial charge in [0.15, 0.2) is 17.5 Å². The molecule has 0 spiro atoms. The molecule has 1 aromatic carbocycles. The van der Waals surface area contributed by atoms with Gasteiger partial charge in [-0.25, -0.2) is 0 Å². The molecule has 7 nitrogen and oxygen atoms in total. The minimum Gasteiger partial charge on any atom is -0.486 e. The van der Waals surface area contributed by atoms with Crippen molar-refractivity contribution < 1.29 is 13.9 Å². The zero-order valence-electron chi connectivity index (χ0n) is 17.2. The second-order valence-corrected chi connectivity index (χ2v) is 7.54. The lowest BCUT2D eigenvalue weighted by atomic mass is 10.2. The summed E-state index contributed by atoms with van der Waals surface area (Å²) in [5.41, 5.74) is 0. The number of hydrogen-bond donors (Lipinski definition) is 2. The van der Waals surface area contributed by atoms with Gasteiger partial charge in [-0.1, -0.05) is 12.1 Å². The van der Waals surface area contributed by atoms with E-state index in [1.54, 1.807) is 7.05 Å². The van der Waals surface area contributed by atoms with Crippen LogP contribution < -0.4 is 20.1 Å². The van der Waals surface area contributed by atoms with Crippen molar-refractivity contribution in [3.63, 3.8) is 0 Å². The van der Waals surface area contributed by atoms with Crippen molar-refractivity contribution in [1.29, 1.82) is 0 Å². The molecule has 2 aliphatic rings. The van der Waals surface area contributed by atoms with Gasteiger partial charge in [0.2, 0.25) is 0 Å². The summed E-state index contributed by atoms with van der Waals surface area (Å²) in [5, 5.41) is 6.81. The van der Waals surface area contributed by atoms with E-state index >= 15 is 0 Å². The van der Waals surface area contributed by atoms with Crippen LogP contribution in [0.25, 0.3) is 0 Å². The number of aliphatic imine (C=N–C) groups is 1. The van der Waals surface area contributed by atoms with Crippen LogP contribution in [0.2, 0.25) is 0 Å². The topological polar surface area (TPSA) is 71.3 Å². The SMILES string of the molecule is CN=C(NCC1COc2ccccc2O1)NCC(c1ccc(C)o1)N1CCCC1. The molecule has 1 fully saturated rings. The number of rotatable bonds is 6. The first-order chi connectivity index (χ1) is 14.2. The van der Waals surface area contributed by atoms with Crippen LogP contribution in [0.4, 0.5) is 0 Å². The van der Waals surface area contributed by atoms with Crippen molar-refractivity contribution in [2.75, 3.05) is 39.8 Å². The smallest absolute Gasteiger partial charge is 0.191 e. The summed E-state index contributed by atoms with van der Waals surface area (Å²) in [6, 6.07) is 12.1. The first-order valence-corrected chi connectivity index (χ1v) is 10.4. The maximum Gasteiger partial charge on any atom is 0.191 e. The average Bonchev–Trinajstić information content (AvgIpc) is 3.43. The second-order valence-electron chi connectivity index (χ2n) is 7.54. The summed E-state index contributed by atoms with van der Waals surface area (Å²) >= 11 is 0. The van der Waals surface area contributed by atoms with E-state index in [4.69, 9.17) is 13.9 Å². The quantitative estimate of drug-likeness (QED) is 0.576. The molecule has 7 heteroatoms. The second kappa shape index (κ2) is 9.22. The minimum absolute atomic E-state index is 0.0643. The van der Waals surface area contributed by atoms with Gasteiger partial charge >= 0.3 is 0 Å². The van der Waals surface area contributed by atoms with E-state index in [-0.39, 0.29) is 12.1 Å². The first kappa shape index (κ1) is 19.6. The normalized spacial score (nSPS) is 20.5. The first-order valence-electron chi connectivity index (χ1n) is 10.4. The van der Waals surface area contributed by atoms with Crippen molar-refractivity contribution >= 4 is 5.96 Å². The fourth-order valence-corrected chi connectivity index (χ4v) is 3.88. The highest BCUT2D eigenvalue weighted by atomic mass is 16.6. The Balaban J connectivity index is 1.31. The molecule has 0 amide bonds. The zero-order chi connectivity index (χ0) is 20.1. The predicted octanol–water partition coefficient (Wildman–Crippen LogP) is 2.73. The standard InChI is InChI=1S/C22H30N4O3/c1-16-9-10-19(28-16)18(26-11-5-6-12-26)14-25-22(23-2)24-13-17-15-27-20-7-3-4-8-21(20)29-17/h3-4,7-10,17-18H,5-6,11-15H2,1-2H3,(H2,23,24,25). The number of hydrogen-bond acceptors (Lipinski definition) is 5. The molecule has 1 aromatic heterocycles. The van der Waals surface area contributed by atoms with E-state index in [1.165, 1.54) is 12.8 Å². The van der Waals surface area contributed by atoms with Crippen molar-refractivity contribution in [2.24, 2.45) is 4.99 Å². The molecule has 0 bridgehead atoms. The van der Waals surface area contributed by atoms with Gasteiger partial charge in [0.05, 0.1) is 12.6 Å². The van der Waals surface area contributed by atoms with Crippen molar-refractivity contribution in [3.05, 3.63) is 47.9 Å². The number of nitrogens with zero attached hydrogens (tertiary/aromatic N) is 2. The molecule has 2 aliphatic heterocycles. The fourth-order valence-electron chi connectivity index (χ4n) is 3.88. The van der Waals surface area contributed by atoms with E-state index < -0.39 is 0 Å². The number of guanidine groups is 1. The molecule has 2 unspecified atom stereocenters. The van der Waals surface area contributed by atoms with Crippen LogP contribution in [-0.2, 0) is 0 Å². The largest absolute Gasteiger partial charge is 0.486 e. The van der Waals surface area contributed by atoms with Crippen LogP contribution in [0.5, 0.6) is 11.5 Å². The number of para-hydroxylation sites is 2. The van der Waals surface area contributed by atoms with Gasteiger partial charge in [0.25, 0.3) is 0 Å². The van der Waals surface area contributed by atoms with Crippen LogP contribution in [-0.4, -0.2) is 56.8 Å². The molecule has 0 radical (unpaired) electrons. The van der Waals surface area contributed by atoms with Crippen molar-refractivity contribution in [3.8, 4) is 11.5 Å². The molecule has 156 valence electrons. The minimum atomic E-state index is -0.0643. The van der Waals surface area contributed by atoms with E-state index in [9.17, 15) is 0 Å². The Morgan fingerprint density at radius 2 is 1.93 bits per heavy atom. The Morgan fingerprint density at radius 1 is 1.14 bits per heavy atom. The summed E-state index contributed by atoms with van der Waals surface area (Å²) in [6.45, 7) is 6.06. The third-order valence-electron chi connectivity index (χ3n) is 5.42. The molecule has 3 heterocycles. The number of ether oxygens (including phenoxy) is 2.